The average molecular weight is 591 g/mol. The van der Waals surface area contributed by atoms with E-state index >= 15 is 0 Å². The highest BCUT2D eigenvalue weighted by molar-refractivity contribution is 5.88. The summed E-state index contributed by atoms with van der Waals surface area (Å²) >= 11 is 0. The summed E-state index contributed by atoms with van der Waals surface area (Å²) in [6, 6.07) is 27.0. The topological polar surface area (TPSA) is 103 Å². The summed E-state index contributed by atoms with van der Waals surface area (Å²) in [6.45, 7) is 9.33. The Morgan fingerprint density at radius 1 is 0.932 bits per heavy atom. The minimum absolute atomic E-state index is 0.0124. The minimum atomic E-state index is -0.355. The molecule has 0 aliphatic heterocycles. The highest BCUT2D eigenvalue weighted by atomic mass is 16.5. The summed E-state index contributed by atoms with van der Waals surface area (Å²) in [5.41, 5.74) is 5.25. The van der Waals surface area contributed by atoms with E-state index < -0.39 is 0 Å². The van der Waals surface area contributed by atoms with Crippen molar-refractivity contribution >= 4 is 11.8 Å². The van der Waals surface area contributed by atoms with E-state index in [0.717, 1.165) is 22.4 Å². The number of anilines is 1. The molecule has 5 aromatic rings. The van der Waals surface area contributed by atoms with Crippen molar-refractivity contribution < 1.29 is 9.53 Å². The lowest BCUT2D eigenvalue weighted by atomic mass is 9.87. The van der Waals surface area contributed by atoms with Crippen LogP contribution in [0.1, 0.15) is 55.5 Å². The van der Waals surface area contributed by atoms with Gasteiger partial charge in [0.1, 0.15) is 18.8 Å². The van der Waals surface area contributed by atoms with Crippen LogP contribution < -0.4 is 20.9 Å². The lowest BCUT2D eigenvalue weighted by Gasteiger charge is -2.20. The fraction of sp³-hybridized carbons (Fsp3) is 0.257. The van der Waals surface area contributed by atoms with E-state index in [1.807, 2.05) is 73.7 Å². The van der Waals surface area contributed by atoms with Crippen LogP contribution in [0.3, 0.4) is 0 Å². The van der Waals surface area contributed by atoms with Crippen molar-refractivity contribution in [1.29, 1.82) is 0 Å². The summed E-state index contributed by atoms with van der Waals surface area (Å²) in [5.74, 6) is 0.886. The fourth-order valence-corrected chi connectivity index (χ4v) is 4.90. The minimum Gasteiger partial charge on any atom is -0.472 e. The molecule has 3 aromatic carbocycles. The Morgan fingerprint density at radius 3 is 2.43 bits per heavy atom. The SMILES string of the molecule is CCc1c(OCc2ccccc2CNC(=O)Nc2ccnn2-c2cccc(C(C)(C)C)c2)ncn(Cc2ccccc2)c1=O. The van der Waals surface area contributed by atoms with Crippen LogP contribution in [0.25, 0.3) is 5.69 Å². The predicted octanol–water partition coefficient (Wildman–Crippen LogP) is 6.24. The number of aromatic nitrogens is 4. The van der Waals surface area contributed by atoms with Gasteiger partial charge in [0.25, 0.3) is 5.56 Å². The first kappa shape index (κ1) is 30.3. The van der Waals surface area contributed by atoms with Gasteiger partial charge in [-0.2, -0.15) is 5.10 Å². The van der Waals surface area contributed by atoms with Crippen molar-refractivity contribution in [1.82, 2.24) is 24.6 Å². The third-order valence-electron chi connectivity index (χ3n) is 7.40. The normalized spacial score (nSPS) is 11.3. The second-order valence-electron chi connectivity index (χ2n) is 11.6. The Balaban J connectivity index is 1.23. The fourth-order valence-electron chi connectivity index (χ4n) is 4.90. The molecular weight excluding hydrogens is 552 g/mol. The first-order valence-corrected chi connectivity index (χ1v) is 14.7. The van der Waals surface area contributed by atoms with Crippen LogP contribution in [-0.4, -0.2) is 25.4 Å². The molecule has 0 unspecified atom stereocenters. The quantitative estimate of drug-likeness (QED) is 0.201. The number of carbonyl (C=O) groups is 1. The van der Waals surface area contributed by atoms with E-state index in [4.69, 9.17) is 4.74 Å². The van der Waals surface area contributed by atoms with Crippen molar-refractivity contribution in [3.8, 4) is 11.6 Å². The Bertz CT molecular complexity index is 1790. The highest BCUT2D eigenvalue weighted by Gasteiger charge is 2.16. The zero-order valence-corrected chi connectivity index (χ0v) is 25.6. The molecule has 2 amide bonds. The van der Waals surface area contributed by atoms with Crippen molar-refractivity contribution in [3.63, 3.8) is 0 Å². The third kappa shape index (κ3) is 7.23. The number of ether oxygens (including phenoxy) is 1. The van der Waals surface area contributed by atoms with Gasteiger partial charge in [-0.15, -0.1) is 0 Å². The van der Waals surface area contributed by atoms with Gasteiger partial charge in [-0.25, -0.2) is 14.5 Å². The van der Waals surface area contributed by atoms with Gasteiger partial charge in [0.15, 0.2) is 0 Å². The molecule has 0 radical (unpaired) electrons. The maximum atomic E-state index is 13.2. The molecule has 0 spiro atoms. The monoisotopic (exact) mass is 590 g/mol. The molecule has 0 aliphatic carbocycles. The van der Waals surface area contributed by atoms with Crippen LogP contribution in [0, 0.1) is 0 Å². The van der Waals surface area contributed by atoms with E-state index in [1.165, 1.54) is 11.9 Å². The predicted molar refractivity (Wildman–Crippen MR) is 172 cm³/mol. The van der Waals surface area contributed by atoms with E-state index in [0.29, 0.717) is 30.2 Å². The van der Waals surface area contributed by atoms with Crippen LogP contribution in [0.4, 0.5) is 10.6 Å². The molecular formula is C35H38N6O3. The summed E-state index contributed by atoms with van der Waals surface area (Å²) in [5, 5.41) is 10.3. The van der Waals surface area contributed by atoms with Gasteiger partial charge in [-0.3, -0.25) is 14.7 Å². The number of rotatable bonds is 10. The van der Waals surface area contributed by atoms with Crippen LogP contribution in [0.15, 0.2) is 102 Å². The van der Waals surface area contributed by atoms with Crippen LogP contribution in [0.5, 0.6) is 5.88 Å². The number of benzene rings is 3. The van der Waals surface area contributed by atoms with E-state index in [-0.39, 0.29) is 30.2 Å². The van der Waals surface area contributed by atoms with Crippen molar-refractivity contribution in [3.05, 3.63) is 136 Å². The summed E-state index contributed by atoms with van der Waals surface area (Å²) in [7, 11) is 0. The van der Waals surface area contributed by atoms with E-state index in [9.17, 15) is 9.59 Å². The van der Waals surface area contributed by atoms with Gasteiger partial charge in [-0.1, -0.05) is 94.4 Å². The van der Waals surface area contributed by atoms with E-state index in [2.05, 4.69) is 53.6 Å². The van der Waals surface area contributed by atoms with Crippen LogP contribution >= 0.6 is 0 Å². The average Bonchev–Trinajstić information content (AvgIpc) is 3.48. The number of nitrogens with one attached hydrogen (secondary N) is 2. The van der Waals surface area contributed by atoms with Crippen LogP contribution in [0.2, 0.25) is 0 Å². The summed E-state index contributed by atoms with van der Waals surface area (Å²) in [4.78, 5) is 30.6. The van der Waals surface area contributed by atoms with Gasteiger partial charge in [0, 0.05) is 12.6 Å². The molecule has 0 bridgehead atoms. The highest BCUT2D eigenvalue weighted by Crippen LogP contribution is 2.25. The molecule has 2 N–H and O–H groups in total. The molecule has 0 saturated carbocycles. The number of hydrogen-bond donors (Lipinski definition) is 2. The molecule has 9 nitrogen and oxygen atoms in total. The lowest BCUT2D eigenvalue weighted by molar-refractivity contribution is 0.251. The van der Waals surface area contributed by atoms with Gasteiger partial charge in [-0.05, 0) is 46.2 Å². The second-order valence-corrected chi connectivity index (χ2v) is 11.6. The molecule has 44 heavy (non-hydrogen) atoms. The standard InChI is InChI=1S/C35H38N6O3/c1-5-30-32(37-24-40(33(30)42)22-25-12-7-6-8-13-25)44-23-27-15-10-9-14-26(27)21-36-34(43)39-31-18-19-38-41(31)29-17-11-16-28(20-29)35(2,3)4/h6-20,24H,5,21-23H2,1-4H3,(H2,36,39,43). The first-order valence-electron chi connectivity index (χ1n) is 14.7. The smallest absolute Gasteiger partial charge is 0.320 e. The van der Waals surface area contributed by atoms with Crippen molar-refractivity contribution in [2.24, 2.45) is 0 Å². The van der Waals surface area contributed by atoms with Crippen molar-refractivity contribution in [2.45, 2.75) is 59.2 Å². The summed E-state index contributed by atoms with van der Waals surface area (Å²) < 4.78 is 9.38. The molecule has 5 rings (SSSR count). The Labute approximate surface area is 257 Å². The second kappa shape index (κ2) is 13.4. The maximum absolute atomic E-state index is 13.2. The largest absolute Gasteiger partial charge is 0.472 e. The molecule has 2 aromatic heterocycles. The third-order valence-corrected chi connectivity index (χ3v) is 7.40. The zero-order valence-electron chi connectivity index (χ0n) is 25.6. The Hall–Kier alpha value is -5.18. The first-order chi connectivity index (χ1) is 21.2. The van der Waals surface area contributed by atoms with Gasteiger partial charge in [0.05, 0.1) is 24.0 Å². The van der Waals surface area contributed by atoms with Gasteiger partial charge >= 0.3 is 6.03 Å². The molecule has 2 heterocycles. The van der Waals surface area contributed by atoms with Crippen molar-refractivity contribution in [2.75, 3.05) is 5.32 Å². The summed E-state index contributed by atoms with van der Waals surface area (Å²) in [6.07, 6.45) is 3.69. The molecule has 0 saturated heterocycles. The maximum Gasteiger partial charge on any atom is 0.320 e. The number of hydrogen-bond acceptors (Lipinski definition) is 5. The Morgan fingerprint density at radius 2 is 1.68 bits per heavy atom. The molecule has 0 fully saturated rings. The number of carbonyl (C=O) groups excluding carboxylic acids is 1. The molecule has 9 heteroatoms. The molecule has 226 valence electrons. The van der Waals surface area contributed by atoms with E-state index in [1.54, 1.807) is 21.5 Å². The zero-order chi connectivity index (χ0) is 31.1. The molecule has 0 atom stereocenters. The van der Waals surface area contributed by atoms with Gasteiger partial charge < -0.3 is 10.1 Å². The number of amides is 2. The Kier molecular flexibility index (Phi) is 9.23. The van der Waals surface area contributed by atoms with Crippen LogP contribution in [-0.2, 0) is 31.5 Å². The van der Waals surface area contributed by atoms with Gasteiger partial charge in [0.2, 0.25) is 5.88 Å². The lowest BCUT2D eigenvalue weighted by Crippen LogP contribution is -2.29. The number of urea groups is 1. The number of nitrogens with zero attached hydrogens (tertiary/aromatic N) is 4. The molecule has 0 aliphatic rings.